The number of aromatic amines is 2. The topological polar surface area (TPSA) is 115 Å². The van der Waals surface area contributed by atoms with Crippen molar-refractivity contribution in [2.24, 2.45) is 11.8 Å². The number of hydrogen-bond acceptors (Lipinski definition) is 5. The van der Waals surface area contributed by atoms with E-state index in [0.29, 0.717) is 30.4 Å². The highest BCUT2D eigenvalue weighted by Crippen LogP contribution is 2.31. The molecular weight excluding hydrogens is 356 g/mol. The summed E-state index contributed by atoms with van der Waals surface area (Å²) in [6.45, 7) is 2.69. The smallest absolute Gasteiger partial charge is 0.316 e. The fraction of sp³-hybridized carbons (Fsp3) is 0.429. The zero-order chi connectivity index (χ0) is 16.2. The van der Waals surface area contributed by atoms with E-state index in [9.17, 15) is 18.0 Å². The molecule has 1 aromatic heterocycles. The zero-order valence-corrected chi connectivity index (χ0v) is 14.2. The van der Waals surface area contributed by atoms with Crippen molar-refractivity contribution < 1.29 is 8.42 Å². The molecule has 24 heavy (non-hydrogen) atoms. The minimum Gasteiger partial charge on any atom is -0.316 e. The fourth-order valence-electron chi connectivity index (χ4n) is 3.46. The molecule has 8 nitrogen and oxygen atoms in total. The summed E-state index contributed by atoms with van der Waals surface area (Å²) in [5, 5.41) is 3.43. The van der Waals surface area contributed by atoms with E-state index in [4.69, 9.17) is 0 Å². The van der Waals surface area contributed by atoms with E-state index in [2.05, 4.69) is 15.3 Å². The van der Waals surface area contributed by atoms with Gasteiger partial charge in [0.2, 0.25) is 10.0 Å². The summed E-state index contributed by atoms with van der Waals surface area (Å²) in [7, 11) is -3.64. The van der Waals surface area contributed by atoms with Gasteiger partial charge >= 0.3 is 5.69 Å². The van der Waals surface area contributed by atoms with Crippen molar-refractivity contribution in [2.45, 2.75) is 4.90 Å². The van der Waals surface area contributed by atoms with Crippen LogP contribution in [-0.2, 0) is 10.0 Å². The Morgan fingerprint density at radius 3 is 2.38 bits per heavy atom. The lowest BCUT2D eigenvalue weighted by atomic mass is 10.0. The largest absolute Gasteiger partial charge is 0.326 e. The zero-order valence-electron chi connectivity index (χ0n) is 12.6. The van der Waals surface area contributed by atoms with Crippen molar-refractivity contribution in [2.75, 3.05) is 26.2 Å². The van der Waals surface area contributed by atoms with E-state index in [1.54, 1.807) is 0 Å². The third kappa shape index (κ3) is 2.67. The Morgan fingerprint density at radius 1 is 1.04 bits per heavy atom. The lowest BCUT2D eigenvalue weighted by molar-refractivity contribution is 0.448. The molecule has 0 bridgehead atoms. The van der Waals surface area contributed by atoms with Crippen molar-refractivity contribution in [1.29, 1.82) is 0 Å². The van der Waals surface area contributed by atoms with Crippen LogP contribution in [0.1, 0.15) is 0 Å². The lowest BCUT2D eigenvalue weighted by Gasteiger charge is -2.17. The maximum Gasteiger partial charge on any atom is 0.326 e. The number of nitrogens with one attached hydrogen (secondary N) is 3. The van der Waals surface area contributed by atoms with Crippen molar-refractivity contribution in [3.05, 3.63) is 39.0 Å². The number of benzene rings is 1. The van der Waals surface area contributed by atoms with Crippen molar-refractivity contribution in [3.8, 4) is 0 Å². The first-order valence-electron chi connectivity index (χ1n) is 7.42. The van der Waals surface area contributed by atoms with Crippen molar-refractivity contribution in [3.63, 3.8) is 0 Å². The number of sulfonamides is 1. The van der Waals surface area contributed by atoms with Crippen LogP contribution in [0.3, 0.4) is 0 Å². The predicted molar refractivity (Wildman–Crippen MR) is 91.0 cm³/mol. The van der Waals surface area contributed by atoms with Crippen LogP contribution in [0.4, 0.5) is 0 Å². The molecule has 0 unspecified atom stereocenters. The Kier molecular flexibility index (Phi) is 4.28. The van der Waals surface area contributed by atoms with Crippen LogP contribution in [0.2, 0.25) is 0 Å². The number of aromatic nitrogens is 2. The number of H-pyrrole nitrogens is 2. The van der Waals surface area contributed by atoms with Crippen LogP contribution in [0.25, 0.3) is 10.9 Å². The lowest BCUT2D eigenvalue weighted by Crippen LogP contribution is -2.32. The van der Waals surface area contributed by atoms with Crippen LogP contribution in [0.5, 0.6) is 0 Å². The van der Waals surface area contributed by atoms with Gasteiger partial charge in [0.05, 0.1) is 15.8 Å². The SMILES string of the molecule is Cl.O=c1[nH]c(=O)c2cc(S(=O)(=O)N3C[C@H]4CNC[C@H]4C3)ccc2[nH]1. The first-order valence-corrected chi connectivity index (χ1v) is 8.86. The van der Waals surface area contributed by atoms with E-state index in [-0.39, 0.29) is 22.7 Å². The molecule has 0 radical (unpaired) electrons. The number of hydrogen-bond donors (Lipinski definition) is 3. The summed E-state index contributed by atoms with van der Waals surface area (Å²) in [6, 6.07) is 4.21. The van der Waals surface area contributed by atoms with Gasteiger partial charge in [0.1, 0.15) is 0 Å². The van der Waals surface area contributed by atoms with Crippen LogP contribution in [0.15, 0.2) is 32.7 Å². The highest BCUT2D eigenvalue weighted by Gasteiger charge is 2.41. The Labute approximate surface area is 143 Å². The van der Waals surface area contributed by atoms with Gasteiger partial charge in [-0.15, -0.1) is 12.4 Å². The van der Waals surface area contributed by atoms with Crippen LogP contribution in [-0.4, -0.2) is 48.9 Å². The fourth-order valence-corrected chi connectivity index (χ4v) is 5.04. The molecule has 3 N–H and O–H groups in total. The Morgan fingerprint density at radius 2 is 1.71 bits per heavy atom. The molecule has 0 amide bonds. The van der Waals surface area contributed by atoms with Crippen LogP contribution >= 0.6 is 12.4 Å². The summed E-state index contributed by atoms with van der Waals surface area (Å²) in [5.74, 6) is 0.704. The average Bonchev–Trinajstić information content (AvgIpc) is 3.08. The highest BCUT2D eigenvalue weighted by atomic mass is 35.5. The summed E-state index contributed by atoms with van der Waals surface area (Å²) < 4.78 is 27.1. The summed E-state index contributed by atoms with van der Waals surface area (Å²) in [6.07, 6.45) is 0. The molecule has 0 spiro atoms. The van der Waals surface area contributed by atoms with Gasteiger partial charge in [0.15, 0.2) is 0 Å². The van der Waals surface area contributed by atoms with Gasteiger partial charge in [0.25, 0.3) is 5.56 Å². The van der Waals surface area contributed by atoms with E-state index in [1.807, 2.05) is 0 Å². The first kappa shape index (κ1) is 17.2. The molecule has 3 heterocycles. The van der Waals surface area contributed by atoms with Gasteiger partial charge in [-0.05, 0) is 43.1 Å². The van der Waals surface area contributed by atoms with E-state index >= 15 is 0 Å². The molecule has 2 aliphatic rings. The second-order valence-electron chi connectivity index (χ2n) is 6.12. The minimum atomic E-state index is -3.64. The van der Waals surface area contributed by atoms with Crippen molar-refractivity contribution in [1.82, 2.24) is 19.6 Å². The van der Waals surface area contributed by atoms with E-state index in [1.165, 1.54) is 22.5 Å². The maximum atomic E-state index is 12.8. The van der Waals surface area contributed by atoms with Gasteiger partial charge in [-0.2, -0.15) is 4.31 Å². The molecule has 2 aliphatic heterocycles. The normalized spacial score (nSPS) is 24.0. The molecule has 2 saturated heterocycles. The molecule has 0 aliphatic carbocycles. The van der Waals surface area contributed by atoms with Gasteiger partial charge in [-0.3, -0.25) is 9.78 Å². The summed E-state index contributed by atoms with van der Waals surface area (Å²) in [4.78, 5) is 27.8. The number of rotatable bonds is 2. The van der Waals surface area contributed by atoms with Gasteiger partial charge in [-0.1, -0.05) is 0 Å². The molecule has 2 atom stereocenters. The van der Waals surface area contributed by atoms with Crippen LogP contribution < -0.4 is 16.6 Å². The molecule has 4 rings (SSSR count). The standard InChI is InChI=1S/C14H16N4O4S.ClH/c19-13-11-3-10(1-2-12(11)16-14(20)17-13)23(21,22)18-6-8-4-15-5-9(8)7-18;/h1-3,8-9,15H,4-7H2,(H2,16,17,19,20);1H/t8-,9+;. The molecule has 1 aromatic carbocycles. The highest BCUT2D eigenvalue weighted by molar-refractivity contribution is 7.89. The molecule has 10 heteroatoms. The Bertz CT molecular complexity index is 988. The maximum absolute atomic E-state index is 12.8. The molecule has 2 fully saturated rings. The quantitative estimate of drug-likeness (QED) is 0.656. The predicted octanol–water partition coefficient (Wildman–Crippen LogP) is -0.522. The molecular formula is C14H17ClN4O4S. The summed E-state index contributed by atoms with van der Waals surface area (Å²) in [5.41, 5.74) is -0.888. The van der Waals surface area contributed by atoms with Gasteiger partial charge < -0.3 is 10.3 Å². The average molecular weight is 373 g/mol. The van der Waals surface area contributed by atoms with Gasteiger partial charge in [0, 0.05) is 13.1 Å². The number of nitrogens with zero attached hydrogens (tertiary/aromatic N) is 1. The number of halogens is 1. The molecule has 130 valence electrons. The third-order valence-corrected chi connectivity index (χ3v) is 6.53. The summed E-state index contributed by atoms with van der Waals surface area (Å²) >= 11 is 0. The minimum absolute atomic E-state index is 0. The molecule has 2 aromatic rings. The number of fused-ring (bicyclic) bond motifs is 2. The van der Waals surface area contributed by atoms with Crippen LogP contribution in [0, 0.1) is 11.8 Å². The third-order valence-electron chi connectivity index (χ3n) is 4.70. The first-order chi connectivity index (χ1) is 10.9. The monoisotopic (exact) mass is 372 g/mol. The second kappa shape index (κ2) is 5.99. The van der Waals surface area contributed by atoms with Crippen molar-refractivity contribution >= 4 is 33.3 Å². The molecule has 0 saturated carbocycles. The Balaban J connectivity index is 0.00000169. The second-order valence-corrected chi connectivity index (χ2v) is 8.05. The van der Waals surface area contributed by atoms with E-state index in [0.717, 1.165) is 13.1 Å². The Hall–Kier alpha value is -1.68. The van der Waals surface area contributed by atoms with E-state index < -0.39 is 21.3 Å². The van der Waals surface area contributed by atoms with Gasteiger partial charge in [-0.25, -0.2) is 13.2 Å².